The molecule has 0 spiro atoms. The Bertz CT molecular complexity index is 342. The largest absolute Gasteiger partial charge is 0.481 e. The zero-order valence-electron chi connectivity index (χ0n) is 13.1. The summed E-state index contributed by atoms with van der Waals surface area (Å²) in [6, 6.07) is 0. The predicted molar refractivity (Wildman–Crippen MR) is 78.4 cm³/mol. The first-order valence-corrected chi connectivity index (χ1v) is 7.49. The molecule has 0 heterocycles. The van der Waals surface area contributed by atoms with Crippen molar-refractivity contribution < 1.29 is 14.7 Å². The number of nitrogens with zero attached hydrogens (tertiary/aromatic N) is 2. The smallest absolute Gasteiger partial charge is 0.307 e. The lowest BCUT2D eigenvalue weighted by Gasteiger charge is -2.29. The maximum Gasteiger partial charge on any atom is 0.307 e. The van der Waals surface area contributed by atoms with E-state index in [4.69, 9.17) is 0 Å². The van der Waals surface area contributed by atoms with E-state index >= 15 is 0 Å². The summed E-state index contributed by atoms with van der Waals surface area (Å²) < 4.78 is 0. The lowest BCUT2D eigenvalue weighted by molar-refractivity contribution is -0.149. The maximum atomic E-state index is 12.7. The third kappa shape index (κ3) is 4.78. The second-order valence-electron chi connectivity index (χ2n) is 6.46. The molecule has 1 aliphatic carbocycles. The fraction of sp³-hybridized carbons (Fsp3) is 0.867. The molecule has 0 radical (unpaired) electrons. The average molecular weight is 284 g/mol. The molecule has 0 aromatic rings. The van der Waals surface area contributed by atoms with E-state index in [9.17, 15) is 14.7 Å². The highest BCUT2D eigenvalue weighted by atomic mass is 16.4. The topological polar surface area (TPSA) is 60.9 Å². The van der Waals surface area contributed by atoms with E-state index in [1.54, 1.807) is 0 Å². The van der Waals surface area contributed by atoms with Gasteiger partial charge in [-0.2, -0.15) is 0 Å². The van der Waals surface area contributed by atoms with E-state index in [0.29, 0.717) is 31.8 Å². The third-order valence-electron chi connectivity index (χ3n) is 3.86. The maximum absolute atomic E-state index is 12.7. The third-order valence-corrected chi connectivity index (χ3v) is 3.86. The van der Waals surface area contributed by atoms with Gasteiger partial charge in [-0.1, -0.05) is 20.3 Å². The number of amides is 1. The SMILES string of the molecule is CC(C)CN(CCN(C)C)C(=O)[C@@H]1CCC[C@@H]1C(=O)O. The average Bonchev–Trinajstić information content (AvgIpc) is 2.82. The lowest BCUT2D eigenvalue weighted by atomic mass is 9.94. The van der Waals surface area contributed by atoms with Gasteiger partial charge in [-0.3, -0.25) is 9.59 Å². The number of likely N-dealkylation sites (N-methyl/N-ethyl adjacent to an activating group) is 1. The second-order valence-corrected chi connectivity index (χ2v) is 6.46. The Balaban J connectivity index is 2.72. The fourth-order valence-electron chi connectivity index (χ4n) is 2.84. The van der Waals surface area contributed by atoms with Crippen molar-refractivity contribution in [3.8, 4) is 0 Å². The zero-order valence-corrected chi connectivity index (χ0v) is 13.1. The molecule has 1 aliphatic rings. The van der Waals surface area contributed by atoms with Crippen LogP contribution in [-0.2, 0) is 9.59 Å². The Hall–Kier alpha value is -1.10. The minimum Gasteiger partial charge on any atom is -0.481 e. The minimum absolute atomic E-state index is 0.0328. The highest BCUT2D eigenvalue weighted by Gasteiger charge is 2.39. The van der Waals surface area contributed by atoms with Gasteiger partial charge in [0.15, 0.2) is 0 Å². The minimum atomic E-state index is -0.821. The predicted octanol–water partition coefficient (Wildman–Crippen LogP) is 1.53. The van der Waals surface area contributed by atoms with Crippen LogP contribution in [-0.4, -0.2) is 60.5 Å². The molecule has 0 saturated heterocycles. The van der Waals surface area contributed by atoms with Crippen molar-refractivity contribution in [1.82, 2.24) is 9.80 Å². The van der Waals surface area contributed by atoms with Gasteiger partial charge in [-0.15, -0.1) is 0 Å². The van der Waals surface area contributed by atoms with Gasteiger partial charge in [-0.25, -0.2) is 0 Å². The summed E-state index contributed by atoms with van der Waals surface area (Å²) in [6.45, 7) is 6.35. The highest BCUT2D eigenvalue weighted by Crippen LogP contribution is 2.33. The molecule has 116 valence electrons. The molecule has 1 saturated carbocycles. The molecule has 5 nitrogen and oxygen atoms in total. The molecule has 1 amide bonds. The molecule has 0 aromatic carbocycles. The van der Waals surface area contributed by atoms with Crippen molar-refractivity contribution in [3.63, 3.8) is 0 Å². The Labute approximate surface area is 121 Å². The second kappa shape index (κ2) is 7.62. The van der Waals surface area contributed by atoms with Crippen LogP contribution in [0.1, 0.15) is 33.1 Å². The van der Waals surface area contributed by atoms with Crippen molar-refractivity contribution >= 4 is 11.9 Å². The molecule has 0 unspecified atom stereocenters. The molecule has 20 heavy (non-hydrogen) atoms. The number of hydrogen-bond acceptors (Lipinski definition) is 3. The summed E-state index contributed by atoms with van der Waals surface area (Å²) in [5.41, 5.74) is 0. The summed E-state index contributed by atoms with van der Waals surface area (Å²) >= 11 is 0. The number of carboxylic acid groups (broad SMARTS) is 1. The molecular weight excluding hydrogens is 256 g/mol. The molecule has 1 fully saturated rings. The van der Waals surface area contributed by atoms with Gasteiger partial charge in [-0.05, 0) is 32.9 Å². The van der Waals surface area contributed by atoms with Crippen molar-refractivity contribution in [3.05, 3.63) is 0 Å². The standard InChI is InChI=1S/C15H28N2O3/c1-11(2)10-17(9-8-16(3)4)14(18)12-6-5-7-13(12)15(19)20/h11-13H,5-10H2,1-4H3,(H,19,20)/t12-,13+/m1/s1. The normalized spacial score (nSPS) is 22.5. The monoisotopic (exact) mass is 284 g/mol. The number of carbonyl (C=O) groups excluding carboxylic acids is 1. The van der Waals surface area contributed by atoms with Crippen LogP contribution in [0.4, 0.5) is 0 Å². The summed E-state index contributed by atoms with van der Waals surface area (Å²) in [4.78, 5) is 27.8. The molecule has 5 heteroatoms. The first kappa shape index (κ1) is 17.0. The number of carboxylic acids is 1. The first-order chi connectivity index (χ1) is 9.32. The van der Waals surface area contributed by atoms with E-state index in [-0.39, 0.29) is 11.8 Å². The molecule has 0 bridgehead atoms. The van der Waals surface area contributed by atoms with Crippen LogP contribution in [0.15, 0.2) is 0 Å². The van der Waals surface area contributed by atoms with Gasteiger partial charge >= 0.3 is 5.97 Å². The van der Waals surface area contributed by atoms with Crippen LogP contribution in [0.5, 0.6) is 0 Å². The van der Waals surface area contributed by atoms with E-state index in [2.05, 4.69) is 13.8 Å². The van der Waals surface area contributed by atoms with Crippen molar-refractivity contribution in [2.45, 2.75) is 33.1 Å². The van der Waals surface area contributed by atoms with E-state index < -0.39 is 11.9 Å². The Kier molecular flexibility index (Phi) is 6.46. The van der Waals surface area contributed by atoms with Crippen LogP contribution < -0.4 is 0 Å². The number of rotatable bonds is 7. The first-order valence-electron chi connectivity index (χ1n) is 7.49. The van der Waals surface area contributed by atoms with Crippen molar-refractivity contribution in [2.24, 2.45) is 17.8 Å². The molecular formula is C15H28N2O3. The van der Waals surface area contributed by atoms with Gasteiger partial charge in [0.25, 0.3) is 0 Å². The number of aliphatic carboxylic acids is 1. The summed E-state index contributed by atoms with van der Waals surface area (Å²) in [6.07, 6.45) is 2.19. The Morgan fingerprint density at radius 2 is 1.75 bits per heavy atom. The van der Waals surface area contributed by atoms with Gasteiger partial charge in [0, 0.05) is 19.6 Å². The fourth-order valence-corrected chi connectivity index (χ4v) is 2.84. The molecule has 2 atom stereocenters. The van der Waals surface area contributed by atoms with Crippen LogP contribution >= 0.6 is 0 Å². The van der Waals surface area contributed by atoms with E-state index in [0.717, 1.165) is 13.0 Å². The molecule has 1 rings (SSSR count). The molecule has 1 N–H and O–H groups in total. The van der Waals surface area contributed by atoms with Gasteiger partial charge in [0.1, 0.15) is 0 Å². The van der Waals surface area contributed by atoms with Crippen LogP contribution in [0.3, 0.4) is 0 Å². The number of carbonyl (C=O) groups is 2. The van der Waals surface area contributed by atoms with Crippen LogP contribution in [0, 0.1) is 17.8 Å². The summed E-state index contributed by atoms with van der Waals surface area (Å²) in [7, 11) is 3.96. The number of hydrogen-bond donors (Lipinski definition) is 1. The van der Waals surface area contributed by atoms with Crippen molar-refractivity contribution in [1.29, 1.82) is 0 Å². The Morgan fingerprint density at radius 3 is 2.25 bits per heavy atom. The van der Waals surface area contributed by atoms with E-state index in [1.807, 2.05) is 23.9 Å². The Morgan fingerprint density at radius 1 is 1.15 bits per heavy atom. The molecule has 0 aromatic heterocycles. The summed E-state index contributed by atoms with van der Waals surface area (Å²) in [5, 5.41) is 9.24. The van der Waals surface area contributed by atoms with Crippen LogP contribution in [0.2, 0.25) is 0 Å². The lowest BCUT2D eigenvalue weighted by Crippen LogP contribution is -2.44. The summed E-state index contributed by atoms with van der Waals surface area (Å²) in [5.74, 6) is -1.21. The van der Waals surface area contributed by atoms with Gasteiger partial charge in [0.2, 0.25) is 5.91 Å². The van der Waals surface area contributed by atoms with Crippen molar-refractivity contribution in [2.75, 3.05) is 33.7 Å². The quantitative estimate of drug-likeness (QED) is 0.770. The van der Waals surface area contributed by atoms with Gasteiger partial charge < -0.3 is 14.9 Å². The molecule has 0 aliphatic heterocycles. The van der Waals surface area contributed by atoms with E-state index in [1.165, 1.54) is 0 Å². The van der Waals surface area contributed by atoms with Crippen LogP contribution in [0.25, 0.3) is 0 Å². The van der Waals surface area contributed by atoms with Gasteiger partial charge in [0.05, 0.1) is 11.8 Å². The zero-order chi connectivity index (χ0) is 15.3. The highest BCUT2D eigenvalue weighted by molar-refractivity contribution is 5.85.